The van der Waals surface area contributed by atoms with Crippen molar-refractivity contribution in [1.82, 2.24) is 4.90 Å². The summed E-state index contributed by atoms with van der Waals surface area (Å²) < 4.78 is 4.84. The zero-order valence-corrected chi connectivity index (χ0v) is 8.56. The van der Waals surface area contributed by atoms with Crippen molar-refractivity contribution in [3.8, 4) is 0 Å². The van der Waals surface area contributed by atoms with E-state index in [9.17, 15) is 4.79 Å². The zero-order chi connectivity index (χ0) is 10.6. The number of esters is 1. The molecule has 4 heteroatoms. The number of ether oxygens (including phenoxy) is 1. The smallest absolute Gasteiger partial charge is 0.325 e. The van der Waals surface area contributed by atoms with Crippen LogP contribution in [0, 0.1) is 0 Å². The van der Waals surface area contributed by atoms with Gasteiger partial charge in [-0.15, -0.1) is 0 Å². The Bertz CT molecular complexity index is 271. The fourth-order valence-corrected chi connectivity index (χ4v) is 1.26. The monoisotopic (exact) mass is 196 g/mol. The normalized spacial score (nSPS) is 20.6. The molecule has 0 fully saturated rings. The van der Waals surface area contributed by atoms with Crippen molar-refractivity contribution in [2.75, 3.05) is 13.2 Å². The van der Waals surface area contributed by atoms with Gasteiger partial charge in [0.25, 0.3) is 0 Å². The van der Waals surface area contributed by atoms with Gasteiger partial charge in [-0.1, -0.05) is 6.08 Å². The Balaban J connectivity index is 2.52. The van der Waals surface area contributed by atoms with Gasteiger partial charge in [-0.25, -0.2) is 0 Å². The first-order chi connectivity index (χ1) is 6.63. The molecule has 0 saturated heterocycles. The highest BCUT2D eigenvalue weighted by Crippen LogP contribution is 2.09. The molecule has 0 bridgehead atoms. The molecular formula is C10H16N2O2. The zero-order valence-electron chi connectivity index (χ0n) is 8.56. The highest BCUT2D eigenvalue weighted by Gasteiger charge is 2.15. The van der Waals surface area contributed by atoms with Gasteiger partial charge in [-0.3, -0.25) is 4.79 Å². The van der Waals surface area contributed by atoms with Crippen molar-refractivity contribution in [1.29, 1.82) is 0 Å². The Hall–Kier alpha value is -1.29. The maximum Gasteiger partial charge on any atom is 0.325 e. The van der Waals surface area contributed by atoms with Crippen molar-refractivity contribution in [3.63, 3.8) is 0 Å². The number of nitrogens with two attached hydrogens (primary N) is 1. The predicted molar refractivity (Wildman–Crippen MR) is 54.2 cm³/mol. The third kappa shape index (κ3) is 2.88. The average molecular weight is 196 g/mol. The maximum atomic E-state index is 11.2. The van der Waals surface area contributed by atoms with Gasteiger partial charge in [0.1, 0.15) is 6.54 Å². The van der Waals surface area contributed by atoms with Crippen LogP contribution in [0.2, 0.25) is 0 Å². The van der Waals surface area contributed by atoms with E-state index in [0.717, 1.165) is 5.57 Å². The summed E-state index contributed by atoms with van der Waals surface area (Å²) in [6.45, 7) is 4.35. The average Bonchev–Trinajstić information content (AvgIpc) is 2.12. The van der Waals surface area contributed by atoms with Gasteiger partial charge in [0.05, 0.1) is 12.8 Å². The molecule has 0 aliphatic carbocycles. The van der Waals surface area contributed by atoms with Gasteiger partial charge in [-0.05, 0) is 25.5 Å². The Labute approximate surface area is 84.0 Å². The quantitative estimate of drug-likeness (QED) is 0.672. The van der Waals surface area contributed by atoms with Crippen LogP contribution in [0.25, 0.3) is 0 Å². The maximum absolute atomic E-state index is 11.2. The summed E-state index contributed by atoms with van der Waals surface area (Å²) in [5.74, 6) is -0.248. The minimum absolute atomic E-state index is 0.205. The van der Waals surface area contributed by atoms with E-state index in [2.05, 4.69) is 0 Å². The number of rotatable bonds is 3. The molecule has 1 rings (SSSR count). The molecule has 0 saturated carbocycles. The molecule has 1 atom stereocenters. The summed E-state index contributed by atoms with van der Waals surface area (Å²) in [4.78, 5) is 12.9. The number of allylic oxidation sites excluding steroid dienone is 2. The van der Waals surface area contributed by atoms with Crippen molar-refractivity contribution in [3.05, 3.63) is 23.9 Å². The Morgan fingerprint density at radius 1 is 1.71 bits per heavy atom. The molecule has 0 aromatic heterocycles. The fourth-order valence-electron chi connectivity index (χ4n) is 1.26. The molecule has 0 radical (unpaired) electrons. The second-order valence-corrected chi connectivity index (χ2v) is 3.20. The van der Waals surface area contributed by atoms with Crippen LogP contribution in [0.4, 0.5) is 0 Å². The molecule has 0 spiro atoms. The first-order valence-corrected chi connectivity index (χ1v) is 4.67. The second kappa shape index (κ2) is 4.81. The minimum atomic E-state index is -0.248. The van der Waals surface area contributed by atoms with Gasteiger partial charge in [0.2, 0.25) is 0 Å². The summed E-state index contributed by atoms with van der Waals surface area (Å²) in [5, 5.41) is 0. The lowest BCUT2D eigenvalue weighted by Crippen LogP contribution is -2.41. The Morgan fingerprint density at radius 3 is 3.07 bits per heavy atom. The molecule has 1 heterocycles. The Kier molecular flexibility index (Phi) is 3.71. The molecule has 2 N–H and O–H groups in total. The lowest BCUT2D eigenvalue weighted by Gasteiger charge is -2.27. The van der Waals surface area contributed by atoms with E-state index >= 15 is 0 Å². The van der Waals surface area contributed by atoms with Crippen molar-refractivity contribution in [2.24, 2.45) is 5.73 Å². The van der Waals surface area contributed by atoms with Gasteiger partial charge in [0, 0.05) is 6.20 Å². The molecule has 78 valence electrons. The minimum Gasteiger partial charge on any atom is -0.465 e. The summed E-state index contributed by atoms with van der Waals surface area (Å²) in [6.07, 6.45) is 5.42. The van der Waals surface area contributed by atoms with Gasteiger partial charge >= 0.3 is 5.97 Å². The highest BCUT2D eigenvalue weighted by molar-refractivity contribution is 5.72. The summed E-state index contributed by atoms with van der Waals surface area (Å²) in [7, 11) is 0. The number of hydrogen-bond acceptors (Lipinski definition) is 4. The summed E-state index contributed by atoms with van der Waals surface area (Å²) in [6, 6.07) is 0. The van der Waals surface area contributed by atoms with Crippen LogP contribution < -0.4 is 5.73 Å². The standard InChI is InChI=1S/C10H16N2O2/c1-3-14-10(13)7-12-6-8(2)4-5-9(12)11/h4-6,9H,3,7,11H2,1-2H3. The molecule has 14 heavy (non-hydrogen) atoms. The number of carbonyl (C=O) groups excluding carboxylic acids is 1. The third-order valence-electron chi connectivity index (χ3n) is 1.93. The largest absolute Gasteiger partial charge is 0.465 e. The number of hydrogen-bond donors (Lipinski definition) is 1. The molecule has 0 amide bonds. The van der Waals surface area contributed by atoms with Gasteiger partial charge in [0.15, 0.2) is 0 Å². The van der Waals surface area contributed by atoms with Crippen LogP contribution in [0.5, 0.6) is 0 Å². The molecule has 1 unspecified atom stereocenters. The van der Waals surface area contributed by atoms with E-state index in [4.69, 9.17) is 10.5 Å². The molecule has 1 aliphatic heterocycles. The van der Waals surface area contributed by atoms with E-state index < -0.39 is 0 Å². The third-order valence-corrected chi connectivity index (χ3v) is 1.93. The number of carbonyl (C=O) groups is 1. The fraction of sp³-hybridized carbons (Fsp3) is 0.500. The SMILES string of the molecule is CCOC(=O)CN1C=C(C)C=CC1N. The second-order valence-electron chi connectivity index (χ2n) is 3.20. The van der Waals surface area contributed by atoms with E-state index in [-0.39, 0.29) is 18.7 Å². The van der Waals surface area contributed by atoms with Crippen LogP contribution in [-0.2, 0) is 9.53 Å². The molecular weight excluding hydrogens is 180 g/mol. The van der Waals surface area contributed by atoms with Crippen LogP contribution >= 0.6 is 0 Å². The molecule has 0 aromatic carbocycles. The number of nitrogens with zero attached hydrogens (tertiary/aromatic N) is 1. The van der Waals surface area contributed by atoms with Crippen LogP contribution in [-0.4, -0.2) is 30.2 Å². The first kappa shape index (κ1) is 10.8. The first-order valence-electron chi connectivity index (χ1n) is 4.67. The van der Waals surface area contributed by atoms with Crippen molar-refractivity contribution in [2.45, 2.75) is 20.0 Å². The molecule has 1 aliphatic rings. The van der Waals surface area contributed by atoms with Crippen LogP contribution in [0.15, 0.2) is 23.9 Å². The topological polar surface area (TPSA) is 55.6 Å². The molecule has 0 aromatic rings. The van der Waals surface area contributed by atoms with Crippen LogP contribution in [0.3, 0.4) is 0 Å². The molecule has 4 nitrogen and oxygen atoms in total. The summed E-state index contributed by atoms with van der Waals surface area (Å²) in [5.41, 5.74) is 6.85. The Morgan fingerprint density at radius 2 is 2.43 bits per heavy atom. The predicted octanol–water partition coefficient (Wildman–Crippen LogP) is 0.610. The van der Waals surface area contributed by atoms with Gasteiger partial charge in [-0.2, -0.15) is 0 Å². The van der Waals surface area contributed by atoms with E-state index in [0.29, 0.717) is 6.61 Å². The summed E-state index contributed by atoms with van der Waals surface area (Å²) >= 11 is 0. The van der Waals surface area contributed by atoms with Gasteiger partial charge < -0.3 is 15.4 Å². The van der Waals surface area contributed by atoms with E-state index in [1.807, 2.05) is 25.3 Å². The van der Waals surface area contributed by atoms with E-state index in [1.54, 1.807) is 11.8 Å². The van der Waals surface area contributed by atoms with Crippen molar-refractivity contribution >= 4 is 5.97 Å². The van der Waals surface area contributed by atoms with E-state index in [1.165, 1.54) is 0 Å². The van der Waals surface area contributed by atoms with Crippen LogP contribution in [0.1, 0.15) is 13.8 Å². The highest BCUT2D eigenvalue weighted by atomic mass is 16.5. The van der Waals surface area contributed by atoms with Crippen molar-refractivity contribution < 1.29 is 9.53 Å². The lowest BCUT2D eigenvalue weighted by molar-refractivity contribution is -0.144. The lowest BCUT2D eigenvalue weighted by atomic mass is 10.2.